The molecule has 0 atom stereocenters. The number of aryl methyl sites for hydroxylation is 2. The summed E-state index contributed by atoms with van der Waals surface area (Å²) in [5.41, 5.74) is 2.76. The normalized spacial score (nSPS) is 15.3. The molecule has 1 saturated carbocycles. The fourth-order valence-electron chi connectivity index (χ4n) is 3.64. The van der Waals surface area contributed by atoms with Crippen molar-refractivity contribution in [2.24, 2.45) is 5.92 Å². The van der Waals surface area contributed by atoms with Crippen LogP contribution in [0.3, 0.4) is 0 Å². The first kappa shape index (κ1) is 15.9. The zero-order valence-corrected chi connectivity index (χ0v) is 14.6. The van der Waals surface area contributed by atoms with E-state index in [0.717, 1.165) is 24.1 Å². The van der Waals surface area contributed by atoms with Gasteiger partial charge in [-0.1, -0.05) is 18.9 Å². The Kier molecular flexibility index (Phi) is 3.82. The Labute approximate surface area is 145 Å². The summed E-state index contributed by atoms with van der Waals surface area (Å²) >= 11 is 0. The molecular formula is C19H22N4O2. The maximum Gasteiger partial charge on any atom is 0.350 e. The molecule has 0 unspecified atom stereocenters. The molecule has 1 aromatic carbocycles. The predicted octanol–water partition coefficient (Wildman–Crippen LogP) is 2.45. The Morgan fingerprint density at radius 3 is 2.56 bits per heavy atom. The van der Waals surface area contributed by atoms with Crippen LogP contribution in [0.1, 0.15) is 36.8 Å². The summed E-state index contributed by atoms with van der Waals surface area (Å²) in [5, 5.41) is 4.34. The molecule has 4 rings (SSSR count). The van der Waals surface area contributed by atoms with Gasteiger partial charge in [-0.05, 0) is 55.9 Å². The third-order valence-corrected chi connectivity index (χ3v) is 5.32. The monoisotopic (exact) mass is 338 g/mol. The first-order valence-electron chi connectivity index (χ1n) is 8.83. The van der Waals surface area contributed by atoms with Crippen LogP contribution in [-0.2, 0) is 6.54 Å². The van der Waals surface area contributed by atoms with Gasteiger partial charge in [0, 0.05) is 24.6 Å². The highest BCUT2D eigenvalue weighted by Crippen LogP contribution is 2.25. The number of fused-ring (bicyclic) bond motifs is 1. The summed E-state index contributed by atoms with van der Waals surface area (Å²) in [6.45, 7) is 4.65. The maximum atomic E-state index is 12.9. The minimum absolute atomic E-state index is 0.184. The van der Waals surface area contributed by atoms with Gasteiger partial charge in [-0.15, -0.1) is 5.10 Å². The molecule has 2 heterocycles. The van der Waals surface area contributed by atoms with Crippen LogP contribution in [0.2, 0.25) is 0 Å². The summed E-state index contributed by atoms with van der Waals surface area (Å²) in [4.78, 5) is 25.4. The van der Waals surface area contributed by atoms with Crippen LogP contribution in [0.5, 0.6) is 0 Å². The number of nitrogens with zero attached hydrogens (tertiary/aromatic N) is 4. The number of rotatable bonds is 3. The Balaban J connectivity index is 1.80. The quantitative estimate of drug-likeness (QED) is 0.737. The van der Waals surface area contributed by atoms with Crippen LogP contribution in [0.25, 0.3) is 11.3 Å². The Hall–Kier alpha value is -2.63. The summed E-state index contributed by atoms with van der Waals surface area (Å²) in [6, 6.07) is 5.88. The van der Waals surface area contributed by atoms with Gasteiger partial charge in [-0.25, -0.2) is 13.9 Å². The second-order valence-corrected chi connectivity index (χ2v) is 7.05. The minimum atomic E-state index is -0.270. The second-order valence-electron chi connectivity index (χ2n) is 7.05. The van der Waals surface area contributed by atoms with Crippen molar-refractivity contribution in [1.82, 2.24) is 18.7 Å². The van der Waals surface area contributed by atoms with Crippen LogP contribution in [0, 0.1) is 19.8 Å². The van der Waals surface area contributed by atoms with Gasteiger partial charge in [-0.3, -0.25) is 9.36 Å². The Morgan fingerprint density at radius 2 is 1.84 bits per heavy atom. The maximum absolute atomic E-state index is 12.9. The van der Waals surface area contributed by atoms with Gasteiger partial charge in [0.25, 0.3) is 0 Å². The van der Waals surface area contributed by atoms with E-state index >= 15 is 0 Å². The molecule has 0 bridgehead atoms. The van der Waals surface area contributed by atoms with Crippen molar-refractivity contribution < 1.29 is 0 Å². The lowest BCUT2D eigenvalue weighted by Crippen LogP contribution is -2.25. The van der Waals surface area contributed by atoms with E-state index in [1.807, 2.05) is 32.0 Å². The first-order chi connectivity index (χ1) is 12.0. The molecule has 0 amide bonds. The van der Waals surface area contributed by atoms with Gasteiger partial charge >= 0.3 is 11.2 Å². The molecule has 1 fully saturated rings. The van der Waals surface area contributed by atoms with Crippen LogP contribution >= 0.6 is 0 Å². The predicted molar refractivity (Wildman–Crippen MR) is 96.5 cm³/mol. The van der Waals surface area contributed by atoms with Crippen LogP contribution < -0.4 is 11.2 Å². The summed E-state index contributed by atoms with van der Waals surface area (Å²) in [7, 11) is 0. The molecule has 1 aliphatic carbocycles. The molecule has 6 nitrogen and oxygen atoms in total. The Bertz CT molecular complexity index is 1050. The molecule has 6 heteroatoms. The van der Waals surface area contributed by atoms with Crippen LogP contribution in [-0.4, -0.2) is 18.7 Å². The standard InChI is InChI=1S/C19H22N4O2/c1-13-7-8-16(11-14(13)2)21-9-10-22-17(18(21)24)20-23(19(22)25)12-15-5-3-4-6-15/h7-11,15H,3-6,12H2,1-2H3. The van der Waals surface area contributed by atoms with E-state index in [4.69, 9.17) is 0 Å². The molecular weight excluding hydrogens is 316 g/mol. The number of hydrogen-bond donors (Lipinski definition) is 0. The van der Waals surface area contributed by atoms with Gasteiger partial charge in [0.05, 0.1) is 0 Å². The minimum Gasteiger partial charge on any atom is -0.280 e. The van der Waals surface area contributed by atoms with E-state index in [0.29, 0.717) is 12.5 Å². The van der Waals surface area contributed by atoms with Crippen LogP contribution in [0.4, 0.5) is 0 Å². The average molecular weight is 338 g/mol. The Morgan fingerprint density at radius 1 is 1.08 bits per heavy atom. The summed E-state index contributed by atoms with van der Waals surface area (Å²) in [5.74, 6) is 0.490. The van der Waals surface area contributed by atoms with Crippen LogP contribution in [0.15, 0.2) is 40.2 Å². The van der Waals surface area contributed by atoms with Crippen molar-refractivity contribution in [2.75, 3.05) is 0 Å². The molecule has 25 heavy (non-hydrogen) atoms. The average Bonchev–Trinajstić information content (AvgIpc) is 3.21. The van der Waals surface area contributed by atoms with Crippen molar-refractivity contribution in [1.29, 1.82) is 0 Å². The molecule has 0 saturated heterocycles. The van der Waals surface area contributed by atoms with E-state index in [1.165, 1.54) is 27.5 Å². The third kappa shape index (κ3) is 2.71. The van der Waals surface area contributed by atoms with Crippen molar-refractivity contribution in [3.63, 3.8) is 0 Å². The van der Waals surface area contributed by atoms with E-state index in [-0.39, 0.29) is 16.9 Å². The third-order valence-electron chi connectivity index (χ3n) is 5.32. The van der Waals surface area contributed by atoms with Gasteiger partial charge < -0.3 is 0 Å². The molecule has 0 radical (unpaired) electrons. The van der Waals surface area contributed by atoms with Gasteiger partial charge in [0.1, 0.15) is 0 Å². The van der Waals surface area contributed by atoms with E-state index in [9.17, 15) is 9.59 Å². The lowest BCUT2D eigenvalue weighted by atomic mass is 10.1. The number of benzene rings is 1. The largest absolute Gasteiger partial charge is 0.350 e. The zero-order valence-electron chi connectivity index (χ0n) is 14.6. The highest BCUT2D eigenvalue weighted by molar-refractivity contribution is 5.43. The zero-order chi connectivity index (χ0) is 17.6. The molecule has 130 valence electrons. The molecule has 0 aliphatic heterocycles. The second kappa shape index (κ2) is 6.02. The van der Waals surface area contributed by atoms with E-state index in [1.54, 1.807) is 17.0 Å². The first-order valence-corrected chi connectivity index (χ1v) is 8.83. The summed E-state index contributed by atoms with van der Waals surface area (Å²) in [6.07, 6.45) is 7.97. The summed E-state index contributed by atoms with van der Waals surface area (Å²) < 4.78 is 4.36. The molecule has 0 spiro atoms. The van der Waals surface area contributed by atoms with Crippen molar-refractivity contribution in [3.05, 3.63) is 62.6 Å². The SMILES string of the molecule is Cc1ccc(-n2ccn3c(=O)n(CC4CCCC4)nc3c2=O)cc1C. The fourth-order valence-corrected chi connectivity index (χ4v) is 3.64. The molecule has 2 aromatic heterocycles. The van der Waals surface area contributed by atoms with Crippen molar-refractivity contribution in [3.8, 4) is 5.69 Å². The highest BCUT2D eigenvalue weighted by atomic mass is 16.2. The fraction of sp³-hybridized carbons (Fsp3) is 0.421. The topological polar surface area (TPSA) is 61.3 Å². The smallest absolute Gasteiger partial charge is 0.280 e. The number of hydrogen-bond acceptors (Lipinski definition) is 3. The van der Waals surface area contributed by atoms with Gasteiger partial charge in [0.2, 0.25) is 5.65 Å². The van der Waals surface area contributed by atoms with Crippen molar-refractivity contribution >= 4 is 5.65 Å². The van der Waals surface area contributed by atoms with E-state index < -0.39 is 0 Å². The van der Waals surface area contributed by atoms with Crippen molar-refractivity contribution in [2.45, 2.75) is 46.1 Å². The van der Waals surface area contributed by atoms with E-state index in [2.05, 4.69) is 5.10 Å². The van der Waals surface area contributed by atoms with Gasteiger partial charge in [0.15, 0.2) is 0 Å². The highest BCUT2D eigenvalue weighted by Gasteiger charge is 2.19. The molecule has 0 N–H and O–H groups in total. The van der Waals surface area contributed by atoms with Gasteiger partial charge in [-0.2, -0.15) is 0 Å². The molecule has 3 aromatic rings. The lowest BCUT2D eigenvalue weighted by molar-refractivity contribution is 0.420. The molecule has 1 aliphatic rings. The number of aromatic nitrogens is 4. The lowest BCUT2D eigenvalue weighted by Gasteiger charge is -2.08.